The molecule has 2 aromatic carbocycles. The van der Waals surface area contributed by atoms with Gasteiger partial charge in [-0.05, 0) is 54.5 Å². The molecule has 0 saturated heterocycles. The molecule has 0 heterocycles. The lowest BCUT2D eigenvalue weighted by Gasteiger charge is -2.10. The molecule has 0 radical (unpaired) electrons. The molecule has 2 rings (SSSR count). The summed E-state index contributed by atoms with van der Waals surface area (Å²) in [6, 6.07) is 13.9. The summed E-state index contributed by atoms with van der Waals surface area (Å²) in [7, 11) is 3.12. The van der Waals surface area contributed by atoms with Gasteiger partial charge in [-0.1, -0.05) is 13.0 Å². The van der Waals surface area contributed by atoms with Crippen molar-refractivity contribution in [2.75, 3.05) is 20.8 Å². The van der Waals surface area contributed by atoms with Crippen LogP contribution >= 0.6 is 0 Å². The van der Waals surface area contributed by atoms with Crippen molar-refractivity contribution in [2.24, 2.45) is 0 Å². The van der Waals surface area contributed by atoms with Gasteiger partial charge < -0.3 is 14.2 Å². The quantitative estimate of drug-likeness (QED) is 0.403. The number of nitriles is 1. The van der Waals surface area contributed by atoms with Crippen molar-refractivity contribution in [1.29, 1.82) is 5.26 Å². The van der Waals surface area contributed by atoms with Gasteiger partial charge in [0, 0.05) is 5.56 Å². The smallest absolute Gasteiger partial charge is 0.203 e. The summed E-state index contributed by atoms with van der Waals surface area (Å²) < 4.78 is 16.0. The number of ether oxygens (including phenoxy) is 3. The van der Waals surface area contributed by atoms with Crippen molar-refractivity contribution < 1.29 is 19.0 Å². The Hall–Kier alpha value is -3.26. The first kappa shape index (κ1) is 19.1. The number of ketones is 1. The Balaban J connectivity index is 2.32. The summed E-state index contributed by atoms with van der Waals surface area (Å²) in [6.07, 6.45) is 2.41. The molecule has 0 bridgehead atoms. The highest BCUT2D eigenvalue weighted by atomic mass is 16.5. The molecule has 0 N–H and O–H groups in total. The Morgan fingerprint density at radius 1 is 1.08 bits per heavy atom. The van der Waals surface area contributed by atoms with Crippen molar-refractivity contribution in [2.45, 2.75) is 13.3 Å². The van der Waals surface area contributed by atoms with Crippen LogP contribution in [-0.2, 0) is 0 Å². The first-order valence-electron chi connectivity index (χ1n) is 8.24. The molecule has 0 spiro atoms. The molecule has 0 aromatic heterocycles. The molecule has 0 amide bonds. The van der Waals surface area contributed by atoms with Crippen LogP contribution in [0.2, 0.25) is 0 Å². The summed E-state index contributed by atoms with van der Waals surface area (Å²) in [5, 5.41) is 9.41. The third-order valence-electron chi connectivity index (χ3n) is 3.68. The van der Waals surface area contributed by atoms with Gasteiger partial charge in [0.05, 0.1) is 20.8 Å². The maximum Gasteiger partial charge on any atom is 0.203 e. The van der Waals surface area contributed by atoms with Crippen LogP contribution < -0.4 is 14.2 Å². The number of hydrogen-bond acceptors (Lipinski definition) is 5. The van der Waals surface area contributed by atoms with Gasteiger partial charge in [-0.3, -0.25) is 4.79 Å². The SMILES string of the molecule is CCCOc1cc(/C=C(\C#N)C(=O)c2ccc(OC)cc2)ccc1OC. The number of Topliss-reactive ketones (excluding diaryl/α,β-unsaturated/α-hetero) is 1. The molecule has 0 unspecified atom stereocenters. The molecule has 0 aliphatic rings. The normalized spacial score (nSPS) is 10.8. The van der Waals surface area contributed by atoms with Crippen molar-refractivity contribution in [3.63, 3.8) is 0 Å². The fraction of sp³-hybridized carbons (Fsp3) is 0.238. The fourth-order valence-corrected chi connectivity index (χ4v) is 2.32. The van der Waals surface area contributed by atoms with Gasteiger partial charge in [0.2, 0.25) is 5.78 Å². The second-order valence-electron chi connectivity index (χ2n) is 5.49. The molecular formula is C21H21NO4. The van der Waals surface area contributed by atoms with Crippen LogP contribution in [0, 0.1) is 11.3 Å². The van der Waals surface area contributed by atoms with E-state index in [0.29, 0.717) is 35.0 Å². The van der Waals surface area contributed by atoms with E-state index in [2.05, 4.69) is 0 Å². The van der Waals surface area contributed by atoms with E-state index in [4.69, 9.17) is 14.2 Å². The summed E-state index contributed by atoms with van der Waals surface area (Å²) in [5.74, 6) is 1.49. The van der Waals surface area contributed by atoms with Crippen LogP contribution in [0.15, 0.2) is 48.0 Å². The lowest BCUT2D eigenvalue weighted by molar-refractivity contribution is 0.104. The van der Waals surface area contributed by atoms with E-state index < -0.39 is 0 Å². The molecule has 5 heteroatoms. The molecule has 26 heavy (non-hydrogen) atoms. The molecule has 0 aliphatic carbocycles. The van der Waals surface area contributed by atoms with E-state index >= 15 is 0 Å². The molecule has 134 valence electrons. The van der Waals surface area contributed by atoms with Crippen molar-refractivity contribution in [3.05, 3.63) is 59.2 Å². The summed E-state index contributed by atoms with van der Waals surface area (Å²) >= 11 is 0. The van der Waals surface area contributed by atoms with Crippen LogP contribution in [0.4, 0.5) is 0 Å². The summed E-state index contributed by atoms with van der Waals surface area (Å²) in [6.45, 7) is 2.57. The fourth-order valence-electron chi connectivity index (χ4n) is 2.32. The third kappa shape index (κ3) is 4.64. The first-order valence-corrected chi connectivity index (χ1v) is 8.24. The maximum absolute atomic E-state index is 12.6. The highest BCUT2D eigenvalue weighted by molar-refractivity contribution is 6.14. The Morgan fingerprint density at radius 3 is 2.38 bits per heavy atom. The Bertz CT molecular complexity index is 832. The first-order chi connectivity index (χ1) is 12.6. The zero-order valence-corrected chi connectivity index (χ0v) is 15.1. The second kappa shape index (κ2) is 9.28. The van der Waals surface area contributed by atoms with E-state index in [1.165, 1.54) is 0 Å². The molecule has 0 saturated carbocycles. The monoisotopic (exact) mass is 351 g/mol. The van der Waals surface area contributed by atoms with Gasteiger partial charge in [-0.15, -0.1) is 0 Å². The van der Waals surface area contributed by atoms with Crippen molar-refractivity contribution in [1.82, 2.24) is 0 Å². The summed E-state index contributed by atoms with van der Waals surface area (Å²) in [5.41, 5.74) is 1.16. The van der Waals surface area contributed by atoms with E-state index in [9.17, 15) is 10.1 Å². The van der Waals surface area contributed by atoms with Crippen LogP contribution in [0.25, 0.3) is 6.08 Å². The lowest BCUT2D eigenvalue weighted by atomic mass is 10.0. The molecule has 2 aromatic rings. The number of hydrogen-bond donors (Lipinski definition) is 0. The minimum atomic E-state index is -0.345. The minimum Gasteiger partial charge on any atom is -0.497 e. The van der Waals surface area contributed by atoms with E-state index in [1.54, 1.807) is 62.8 Å². The number of methoxy groups -OCH3 is 2. The van der Waals surface area contributed by atoms with Gasteiger partial charge in [0.25, 0.3) is 0 Å². The standard InChI is InChI=1S/C21H21NO4/c1-4-11-26-20-13-15(5-10-19(20)25-3)12-17(14-22)21(23)16-6-8-18(24-2)9-7-16/h5-10,12-13H,4,11H2,1-3H3/b17-12+. The second-order valence-corrected chi connectivity index (χ2v) is 5.49. The van der Waals surface area contributed by atoms with Crippen LogP contribution in [0.5, 0.6) is 17.2 Å². The van der Waals surface area contributed by atoms with Gasteiger partial charge in [0.15, 0.2) is 11.5 Å². The predicted molar refractivity (Wildman–Crippen MR) is 99.7 cm³/mol. The van der Waals surface area contributed by atoms with Gasteiger partial charge >= 0.3 is 0 Å². The average molecular weight is 351 g/mol. The van der Waals surface area contributed by atoms with Crippen molar-refractivity contribution >= 4 is 11.9 Å². The van der Waals surface area contributed by atoms with Crippen molar-refractivity contribution in [3.8, 4) is 23.3 Å². The van der Waals surface area contributed by atoms with E-state index in [-0.39, 0.29) is 11.4 Å². The highest BCUT2D eigenvalue weighted by Crippen LogP contribution is 2.29. The number of allylic oxidation sites excluding steroid dienone is 1. The number of nitrogens with zero attached hydrogens (tertiary/aromatic N) is 1. The van der Waals surface area contributed by atoms with E-state index in [0.717, 1.165) is 6.42 Å². The average Bonchev–Trinajstić information content (AvgIpc) is 2.70. The third-order valence-corrected chi connectivity index (χ3v) is 3.68. The minimum absolute atomic E-state index is 0.0433. The number of carbonyl (C=O) groups excluding carboxylic acids is 1. The van der Waals surface area contributed by atoms with Gasteiger partial charge in [0.1, 0.15) is 17.4 Å². The van der Waals surface area contributed by atoms with Crippen LogP contribution in [0.3, 0.4) is 0 Å². The number of carbonyl (C=O) groups is 1. The highest BCUT2D eigenvalue weighted by Gasteiger charge is 2.13. The van der Waals surface area contributed by atoms with Gasteiger partial charge in [-0.25, -0.2) is 0 Å². The topological polar surface area (TPSA) is 68.5 Å². The maximum atomic E-state index is 12.6. The van der Waals surface area contributed by atoms with Crippen LogP contribution in [-0.4, -0.2) is 26.6 Å². The molecular weight excluding hydrogens is 330 g/mol. The lowest BCUT2D eigenvalue weighted by Crippen LogP contribution is -2.02. The van der Waals surface area contributed by atoms with E-state index in [1.807, 2.05) is 13.0 Å². The summed E-state index contributed by atoms with van der Waals surface area (Å²) in [4.78, 5) is 12.6. The zero-order chi connectivity index (χ0) is 18.9. The Kier molecular flexibility index (Phi) is 6.81. The Labute approximate surface area is 153 Å². The molecule has 0 fully saturated rings. The zero-order valence-electron chi connectivity index (χ0n) is 15.1. The molecule has 5 nitrogen and oxygen atoms in total. The number of benzene rings is 2. The molecule has 0 aliphatic heterocycles. The van der Waals surface area contributed by atoms with Crippen LogP contribution in [0.1, 0.15) is 29.3 Å². The predicted octanol–water partition coefficient (Wildman–Crippen LogP) is 4.28. The Morgan fingerprint density at radius 2 is 1.81 bits per heavy atom. The number of rotatable bonds is 8. The van der Waals surface area contributed by atoms with Gasteiger partial charge in [-0.2, -0.15) is 5.26 Å². The molecule has 0 atom stereocenters. The largest absolute Gasteiger partial charge is 0.497 e.